The van der Waals surface area contributed by atoms with E-state index in [0.29, 0.717) is 5.56 Å². The maximum Gasteiger partial charge on any atom is 0.271 e. The Kier molecular flexibility index (Phi) is 4.72. The normalized spacial score (nSPS) is 11.5. The monoisotopic (exact) mass is 282 g/mol. The molecule has 2 N–H and O–H groups in total. The summed E-state index contributed by atoms with van der Waals surface area (Å²) in [5.41, 5.74) is 4.82. The van der Waals surface area contributed by atoms with E-state index < -0.39 is 0 Å². The van der Waals surface area contributed by atoms with E-state index in [1.807, 2.05) is 44.2 Å². The molecular formula is C17H18N2O2. The van der Waals surface area contributed by atoms with Gasteiger partial charge in [-0.25, -0.2) is 5.43 Å². The van der Waals surface area contributed by atoms with Crippen LogP contribution in [0, 0.1) is 5.92 Å². The van der Waals surface area contributed by atoms with E-state index in [4.69, 9.17) is 0 Å². The minimum atomic E-state index is -0.302. The predicted molar refractivity (Wildman–Crippen MR) is 83.4 cm³/mol. The lowest BCUT2D eigenvalue weighted by atomic mass is 10.0. The van der Waals surface area contributed by atoms with Gasteiger partial charge < -0.3 is 5.11 Å². The number of nitrogens with one attached hydrogen (secondary N) is 1. The van der Waals surface area contributed by atoms with Crippen LogP contribution in [0.25, 0.3) is 0 Å². The molecule has 0 bridgehead atoms. The van der Waals surface area contributed by atoms with Gasteiger partial charge in [0.2, 0.25) is 0 Å². The van der Waals surface area contributed by atoms with Gasteiger partial charge >= 0.3 is 0 Å². The fourth-order valence-electron chi connectivity index (χ4n) is 1.92. The zero-order valence-electron chi connectivity index (χ0n) is 12.1. The number of amides is 1. The number of carbonyl (C=O) groups is 1. The summed E-state index contributed by atoms with van der Waals surface area (Å²) < 4.78 is 0. The maximum absolute atomic E-state index is 12.0. The molecule has 0 radical (unpaired) electrons. The lowest BCUT2D eigenvalue weighted by Crippen LogP contribution is -2.22. The lowest BCUT2D eigenvalue weighted by Gasteiger charge is -2.10. The number of phenolic OH excluding ortho intramolecular Hbond substituents is 1. The van der Waals surface area contributed by atoms with E-state index >= 15 is 0 Å². The minimum absolute atomic E-state index is 0.127. The van der Waals surface area contributed by atoms with Crippen molar-refractivity contribution in [1.82, 2.24) is 5.43 Å². The molecule has 2 aromatic carbocycles. The van der Waals surface area contributed by atoms with Gasteiger partial charge in [-0.1, -0.05) is 44.2 Å². The molecule has 2 rings (SSSR count). The zero-order chi connectivity index (χ0) is 15.2. The molecule has 4 nitrogen and oxygen atoms in total. The van der Waals surface area contributed by atoms with E-state index in [9.17, 15) is 9.90 Å². The Morgan fingerprint density at radius 3 is 2.19 bits per heavy atom. The van der Waals surface area contributed by atoms with Crippen LogP contribution in [0.4, 0.5) is 0 Å². The number of aromatic hydroxyl groups is 1. The van der Waals surface area contributed by atoms with Crippen molar-refractivity contribution < 1.29 is 9.90 Å². The van der Waals surface area contributed by atoms with Crippen molar-refractivity contribution in [1.29, 1.82) is 0 Å². The van der Waals surface area contributed by atoms with Crippen LogP contribution in [0.2, 0.25) is 0 Å². The average molecular weight is 282 g/mol. The number of hydrazone groups is 1. The Bertz CT molecular complexity index is 632. The van der Waals surface area contributed by atoms with E-state index in [0.717, 1.165) is 11.3 Å². The van der Waals surface area contributed by atoms with E-state index in [2.05, 4.69) is 10.5 Å². The van der Waals surface area contributed by atoms with Crippen molar-refractivity contribution in [3.8, 4) is 5.75 Å². The smallest absolute Gasteiger partial charge is 0.271 e. The molecule has 0 aliphatic rings. The second kappa shape index (κ2) is 6.70. The SMILES string of the molecule is CC(C)/C(=N\NC(=O)c1ccc(O)cc1)c1ccccc1. The second-order valence-corrected chi connectivity index (χ2v) is 5.01. The van der Waals surface area contributed by atoms with Gasteiger partial charge in [0.1, 0.15) is 5.75 Å². The van der Waals surface area contributed by atoms with Crippen LogP contribution in [-0.4, -0.2) is 16.7 Å². The number of rotatable bonds is 4. The van der Waals surface area contributed by atoms with Gasteiger partial charge in [0.25, 0.3) is 5.91 Å². The predicted octanol–water partition coefficient (Wildman–Crippen LogP) is 3.18. The van der Waals surface area contributed by atoms with Crippen LogP contribution >= 0.6 is 0 Å². The third kappa shape index (κ3) is 3.92. The fraction of sp³-hybridized carbons (Fsp3) is 0.176. The van der Waals surface area contributed by atoms with Crippen LogP contribution < -0.4 is 5.43 Å². The van der Waals surface area contributed by atoms with Crippen molar-refractivity contribution in [3.63, 3.8) is 0 Å². The third-order valence-corrected chi connectivity index (χ3v) is 3.02. The molecule has 0 saturated carbocycles. The molecule has 0 unspecified atom stereocenters. The second-order valence-electron chi connectivity index (χ2n) is 5.01. The Balaban J connectivity index is 2.17. The number of phenols is 1. The molecule has 4 heteroatoms. The largest absolute Gasteiger partial charge is 0.508 e. The maximum atomic E-state index is 12.0. The van der Waals surface area contributed by atoms with Crippen molar-refractivity contribution in [3.05, 3.63) is 65.7 Å². The summed E-state index contributed by atoms with van der Waals surface area (Å²) in [6, 6.07) is 15.8. The number of hydrogen-bond acceptors (Lipinski definition) is 3. The summed E-state index contributed by atoms with van der Waals surface area (Å²) in [6.07, 6.45) is 0. The van der Waals surface area contributed by atoms with Crippen molar-refractivity contribution >= 4 is 11.6 Å². The minimum Gasteiger partial charge on any atom is -0.508 e. The number of nitrogens with zero attached hydrogens (tertiary/aromatic N) is 1. The highest BCUT2D eigenvalue weighted by atomic mass is 16.3. The highest BCUT2D eigenvalue weighted by molar-refractivity contribution is 6.03. The van der Waals surface area contributed by atoms with Gasteiger partial charge in [0.15, 0.2) is 0 Å². The molecule has 0 atom stereocenters. The van der Waals surface area contributed by atoms with Gasteiger partial charge in [-0.05, 0) is 35.7 Å². The zero-order valence-corrected chi connectivity index (χ0v) is 12.1. The van der Waals surface area contributed by atoms with Crippen molar-refractivity contribution in [2.24, 2.45) is 11.0 Å². The molecule has 21 heavy (non-hydrogen) atoms. The van der Waals surface area contributed by atoms with E-state index in [1.165, 1.54) is 12.1 Å². The van der Waals surface area contributed by atoms with E-state index in [-0.39, 0.29) is 17.6 Å². The first-order valence-electron chi connectivity index (χ1n) is 6.80. The molecule has 0 aliphatic heterocycles. The van der Waals surface area contributed by atoms with Gasteiger partial charge in [-0.2, -0.15) is 5.10 Å². The quantitative estimate of drug-likeness (QED) is 0.668. The average Bonchev–Trinajstić information content (AvgIpc) is 2.48. The summed E-state index contributed by atoms with van der Waals surface area (Å²) in [7, 11) is 0. The molecule has 0 aliphatic carbocycles. The fourth-order valence-corrected chi connectivity index (χ4v) is 1.92. The summed E-state index contributed by atoms with van der Waals surface area (Å²) >= 11 is 0. The van der Waals surface area contributed by atoms with Gasteiger partial charge in [-0.15, -0.1) is 0 Å². The first-order chi connectivity index (χ1) is 10.1. The van der Waals surface area contributed by atoms with Crippen molar-refractivity contribution in [2.45, 2.75) is 13.8 Å². The van der Waals surface area contributed by atoms with E-state index in [1.54, 1.807) is 12.1 Å². The molecule has 1 amide bonds. The molecule has 2 aromatic rings. The van der Waals surface area contributed by atoms with Crippen molar-refractivity contribution in [2.75, 3.05) is 0 Å². The number of carbonyl (C=O) groups excluding carboxylic acids is 1. The Morgan fingerprint density at radius 2 is 1.62 bits per heavy atom. The first-order valence-corrected chi connectivity index (χ1v) is 6.80. The molecule has 0 aromatic heterocycles. The number of benzene rings is 2. The summed E-state index contributed by atoms with van der Waals surface area (Å²) in [5, 5.41) is 13.5. The standard InChI is InChI=1S/C17H18N2O2/c1-12(2)16(13-6-4-3-5-7-13)18-19-17(21)14-8-10-15(20)11-9-14/h3-12,20H,1-2H3,(H,19,21)/b18-16+. The van der Waals surface area contributed by atoms with Gasteiger partial charge in [0, 0.05) is 5.56 Å². The number of hydrogen-bond donors (Lipinski definition) is 2. The van der Waals surface area contributed by atoms with Crippen LogP contribution in [0.15, 0.2) is 59.7 Å². The summed E-state index contributed by atoms with van der Waals surface area (Å²) in [4.78, 5) is 12.0. The highest BCUT2D eigenvalue weighted by Gasteiger charge is 2.10. The molecule has 0 heterocycles. The lowest BCUT2D eigenvalue weighted by molar-refractivity contribution is 0.0954. The Labute approximate surface area is 124 Å². The molecule has 0 saturated heterocycles. The first kappa shape index (κ1) is 14.8. The summed E-state index contributed by atoms with van der Waals surface area (Å²) in [6.45, 7) is 4.05. The van der Waals surface area contributed by atoms with Crippen LogP contribution in [0.5, 0.6) is 5.75 Å². The van der Waals surface area contributed by atoms with Gasteiger partial charge in [-0.3, -0.25) is 4.79 Å². The highest BCUT2D eigenvalue weighted by Crippen LogP contribution is 2.11. The molecular weight excluding hydrogens is 264 g/mol. The van der Waals surface area contributed by atoms with Crippen LogP contribution in [-0.2, 0) is 0 Å². The van der Waals surface area contributed by atoms with Gasteiger partial charge in [0.05, 0.1) is 5.71 Å². The van der Waals surface area contributed by atoms with Crippen LogP contribution in [0.1, 0.15) is 29.8 Å². The molecule has 0 spiro atoms. The molecule has 108 valence electrons. The van der Waals surface area contributed by atoms with Crippen LogP contribution in [0.3, 0.4) is 0 Å². The summed E-state index contributed by atoms with van der Waals surface area (Å²) in [5.74, 6) is 0.0128. The molecule has 0 fully saturated rings. The topological polar surface area (TPSA) is 61.7 Å². The Morgan fingerprint density at radius 1 is 1.00 bits per heavy atom. The Hall–Kier alpha value is -2.62. The third-order valence-electron chi connectivity index (χ3n) is 3.02.